The Bertz CT molecular complexity index is 1700. The maximum Gasteiger partial charge on any atom is 0.326 e. The molecule has 2 heterocycles. The van der Waals surface area contributed by atoms with Crippen molar-refractivity contribution in [3.05, 3.63) is 95.7 Å². The van der Waals surface area contributed by atoms with E-state index in [4.69, 9.17) is 5.73 Å². The summed E-state index contributed by atoms with van der Waals surface area (Å²) in [5.74, 6) is -2.73. The van der Waals surface area contributed by atoms with Gasteiger partial charge in [0.2, 0.25) is 17.7 Å². The third-order valence-corrected chi connectivity index (χ3v) is 8.27. The molecule has 0 saturated carbocycles. The number of H-pyrrole nitrogens is 1. The Labute approximate surface area is 265 Å². The fourth-order valence-corrected chi connectivity index (χ4v) is 5.82. The summed E-state index contributed by atoms with van der Waals surface area (Å²) < 4.78 is 0. The van der Waals surface area contributed by atoms with Crippen molar-refractivity contribution in [3.8, 4) is 11.5 Å². The predicted octanol–water partition coefficient (Wildman–Crippen LogP) is 1.98. The normalized spacial score (nSPS) is 16.5. The average molecular weight is 628 g/mol. The first-order chi connectivity index (χ1) is 22.1. The molecular formula is C34H37N5O7. The lowest BCUT2D eigenvalue weighted by Gasteiger charge is -2.30. The van der Waals surface area contributed by atoms with E-state index < -0.39 is 47.9 Å². The predicted molar refractivity (Wildman–Crippen MR) is 170 cm³/mol. The summed E-state index contributed by atoms with van der Waals surface area (Å²) in [6.07, 6.45) is 2.85. The molecule has 3 aromatic carbocycles. The number of phenolic OH excluding ortho intramolecular Hbond substituents is 2. The van der Waals surface area contributed by atoms with Gasteiger partial charge in [-0.05, 0) is 66.3 Å². The first-order valence-corrected chi connectivity index (χ1v) is 15.1. The van der Waals surface area contributed by atoms with Crippen LogP contribution in [0, 0.1) is 0 Å². The molecule has 1 aliphatic rings. The number of carbonyl (C=O) groups excluding carboxylic acids is 3. The summed E-state index contributed by atoms with van der Waals surface area (Å²) in [5, 5.41) is 35.5. The SMILES string of the molecule is NC(Cc1ccc(O)cc1)C(=O)NC(Cc1ccc(O)cc1)C(=O)N1CCCC1C(=O)NC(Cc1c[nH]c2ccccc12)C(=O)O. The lowest BCUT2D eigenvalue weighted by molar-refractivity contribution is -0.144. The number of carbonyl (C=O) groups is 4. The molecule has 1 saturated heterocycles. The number of hydrogen-bond acceptors (Lipinski definition) is 7. The summed E-state index contributed by atoms with van der Waals surface area (Å²) in [7, 11) is 0. The lowest BCUT2D eigenvalue weighted by atomic mass is 10.0. The second kappa shape index (κ2) is 14.2. The number of benzene rings is 3. The fraction of sp³-hybridized carbons (Fsp3) is 0.294. The van der Waals surface area contributed by atoms with E-state index in [9.17, 15) is 34.5 Å². The van der Waals surface area contributed by atoms with E-state index in [0.717, 1.165) is 22.0 Å². The Morgan fingerprint density at radius 1 is 0.848 bits per heavy atom. The van der Waals surface area contributed by atoms with E-state index in [1.54, 1.807) is 30.5 Å². The topological polar surface area (TPSA) is 198 Å². The highest BCUT2D eigenvalue weighted by Gasteiger charge is 2.39. The average Bonchev–Trinajstić information content (AvgIpc) is 3.70. The van der Waals surface area contributed by atoms with Crippen LogP contribution in [0.25, 0.3) is 10.9 Å². The molecule has 4 atom stereocenters. The van der Waals surface area contributed by atoms with Crippen molar-refractivity contribution in [2.45, 2.75) is 56.3 Å². The minimum atomic E-state index is -1.23. The van der Waals surface area contributed by atoms with Gasteiger partial charge in [0, 0.05) is 36.5 Å². The quantitative estimate of drug-likeness (QED) is 0.124. The van der Waals surface area contributed by atoms with E-state index in [-0.39, 0.29) is 37.3 Å². The van der Waals surface area contributed by atoms with Gasteiger partial charge in [-0.15, -0.1) is 0 Å². The van der Waals surface area contributed by atoms with Gasteiger partial charge >= 0.3 is 5.97 Å². The van der Waals surface area contributed by atoms with Crippen LogP contribution in [0.15, 0.2) is 79.0 Å². The number of hydrogen-bond donors (Lipinski definition) is 7. The van der Waals surface area contributed by atoms with E-state index >= 15 is 0 Å². The number of rotatable bonds is 12. The molecule has 4 unspecified atom stereocenters. The number of nitrogens with two attached hydrogens (primary N) is 1. The smallest absolute Gasteiger partial charge is 0.326 e. The van der Waals surface area contributed by atoms with E-state index in [1.165, 1.54) is 29.2 Å². The van der Waals surface area contributed by atoms with E-state index in [1.807, 2.05) is 24.3 Å². The van der Waals surface area contributed by atoms with E-state index in [2.05, 4.69) is 15.6 Å². The monoisotopic (exact) mass is 627 g/mol. The molecule has 5 rings (SSSR count). The molecule has 1 fully saturated rings. The molecule has 1 aliphatic heterocycles. The van der Waals surface area contributed by atoms with Crippen LogP contribution in [0.3, 0.4) is 0 Å². The van der Waals surface area contributed by atoms with Crippen LogP contribution in [-0.2, 0) is 38.4 Å². The zero-order valence-electron chi connectivity index (χ0n) is 25.1. The molecule has 8 N–H and O–H groups in total. The van der Waals surface area contributed by atoms with Crippen LogP contribution in [0.4, 0.5) is 0 Å². The van der Waals surface area contributed by atoms with Crippen LogP contribution >= 0.6 is 0 Å². The number of aromatic amines is 1. The van der Waals surface area contributed by atoms with Crippen LogP contribution in [-0.4, -0.2) is 79.6 Å². The summed E-state index contributed by atoms with van der Waals surface area (Å²) in [4.78, 5) is 57.4. The second-order valence-electron chi connectivity index (χ2n) is 11.6. The Balaban J connectivity index is 1.30. The molecule has 0 aliphatic carbocycles. The van der Waals surface area contributed by atoms with Crippen molar-refractivity contribution >= 4 is 34.6 Å². The standard InChI is InChI=1S/C34H37N5O7/c35-26(16-20-7-11-23(40)12-8-20)31(42)37-28(17-21-9-13-24(41)14-10-21)33(44)39-15-3-6-30(39)32(43)38-29(34(45)46)18-22-19-36-27-5-2-1-4-25(22)27/h1-2,4-5,7-14,19,26,28-30,36,40-41H,3,6,15-18,35H2,(H,37,42)(H,38,43)(H,45,46). The number of likely N-dealkylation sites (tertiary alicyclic amines) is 1. The minimum absolute atomic E-state index is 0.0449. The van der Waals surface area contributed by atoms with Crippen LogP contribution in [0.1, 0.15) is 29.5 Å². The van der Waals surface area contributed by atoms with Gasteiger partial charge in [-0.3, -0.25) is 14.4 Å². The number of fused-ring (bicyclic) bond motifs is 1. The third-order valence-electron chi connectivity index (χ3n) is 8.27. The number of aromatic hydroxyl groups is 2. The van der Waals surface area contributed by atoms with Crippen molar-refractivity contribution in [3.63, 3.8) is 0 Å². The molecule has 4 aromatic rings. The van der Waals surface area contributed by atoms with Gasteiger partial charge in [-0.2, -0.15) is 0 Å². The van der Waals surface area contributed by atoms with Gasteiger partial charge in [0.15, 0.2) is 0 Å². The number of amides is 3. The van der Waals surface area contributed by atoms with Gasteiger partial charge < -0.3 is 41.6 Å². The fourth-order valence-electron chi connectivity index (χ4n) is 5.82. The Morgan fingerprint density at radius 2 is 1.48 bits per heavy atom. The molecule has 46 heavy (non-hydrogen) atoms. The number of carboxylic acids is 1. The number of nitrogens with one attached hydrogen (secondary N) is 3. The lowest BCUT2D eigenvalue weighted by Crippen LogP contribution is -2.57. The van der Waals surface area contributed by atoms with Crippen LogP contribution < -0.4 is 16.4 Å². The van der Waals surface area contributed by atoms with Crippen molar-refractivity contribution in [2.75, 3.05) is 6.54 Å². The van der Waals surface area contributed by atoms with Gasteiger partial charge in [-0.1, -0.05) is 42.5 Å². The molecule has 12 heteroatoms. The number of para-hydroxylation sites is 1. The van der Waals surface area contributed by atoms with Gasteiger partial charge in [0.05, 0.1) is 6.04 Å². The van der Waals surface area contributed by atoms with Gasteiger partial charge in [0.25, 0.3) is 0 Å². The van der Waals surface area contributed by atoms with Crippen LogP contribution in [0.5, 0.6) is 11.5 Å². The van der Waals surface area contributed by atoms with Crippen molar-refractivity contribution in [1.29, 1.82) is 0 Å². The minimum Gasteiger partial charge on any atom is -0.508 e. The van der Waals surface area contributed by atoms with Crippen molar-refractivity contribution in [2.24, 2.45) is 5.73 Å². The molecule has 0 radical (unpaired) electrons. The highest BCUT2D eigenvalue weighted by molar-refractivity contribution is 5.95. The van der Waals surface area contributed by atoms with Gasteiger partial charge in [-0.25, -0.2) is 4.79 Å². The summed E-state index contributed by atoms with van der Waals surface area (Å²) in [6.45, 7) is 0.249. The molecule has 0 spiro atoms. The zero-order chi connectivity index (χ0) is 32.8. The van der Waals surface area contributed by atoms with E-state index in [0.29, 0.717) is 18.4 Å². The molecule has 12 nitrogen and oxygen atoms in total. The summed E-state index contributed by atoms with van der Waals surface area (Å²) >= 11 is 0. The molecule has 240 valence electrons. The highest BCUT2D eigenvalue weighted by atomic mass is 16.4. The Morgan fingerprint density at radius 3 is 2.13 bits per heavy atom. The Kier molecular flexibility index (Phi) is 9.87. The first kappa shape index (κ1) is 32.0. The number of nitrogens with zero attached hydrogens (tertiary/aromatic N) is 1. The van der Waals surface area contributed by atoms with Crippen molar-refractivity contribution < 1.29 is 34.5 Å². The summed E-state index contributed by atoms with van der Waals surface area (Å²) in [5.41, 5.74) is 9.17. The molecule has 3 amide bonds. The van der Waals surface area contributed by atoms with Crippen molar-refractivity contribution in [1.82, 2.24) is 20.5 Å². The number of aliphatic carboxylic acids is 1. The Hall–Kier alpha value is -5.36. The zero-order valence-corrected chi connectivity index (χ0v) is 25.1. The largest absolute Gasteiger partial charge is 0.508 e. The van der Waals surface area contributed by atoms with Crippen LogP contribution in [0.2, 0.25) is 0 Å². The molecule has 0 bridgehead atoms. The second-order valence-corrected chi connectivity index (χ2v) is 11.6. The number of aromatic nitrogens is 1. The molecule has 1 aromatic heterocycles. The summed E-state index contributed by atoms with van der Waals surface area (Å²) in [6, 6.07) is 15.7. The third kappa shape index (κ3) is 7.64. The number of carboxylic acid groups (broad SMARTS) is 1. The number of phenols is 2. The maximum absolute atomic E-state index is 14.0. The molecular weight excluding hydrogens is 590 g/mol. The highest BCUT2D eigenvalue weighted by Crippen LogP contribution is 2.23. The maximum atomic E-state index is 14.0. The first-order valence-electron chi connectivity index (χ1n) is 15.1. The van der Waals surface area contributed by atoms with Gasteiger partial charge in [0.1, 0.15) is 29.6 Å².